The number of carbonyl (C=O) groups is 2. The topological polar surface area (TPSA) is 102 Å². The summed E-state index contributed by atoms with van der Waals surface area (Å²) < 4.78 is 17.8. The molecule has 1 fully saturated rings. The predicted octanol–water partition coefficient (Wildman–Crippen LogP) is 4.43. The highest BCUT2D eigenvalue weighted by Crippen LogP contribution is 2.44. The van der Waals surface area contributed by atoms with Crippen molar-refractivity contribution in [3.8, 4) is 5.75 Å². The van der Waals surface area contributed by atoms with Crippen LogP contribution in [0.3, 0.4) is 0 Å². The lowest BCUT2D eigenvalue weighted by atomic mass is 9.66. The molecule has 0 bridgehead atoms. The molecule has 0 aromatic heterocycles. The van der Waals surface area contributed by atoms with Gasteiger partial charge in [-0.05, 0) is 62.7 Å². The van der Waals surface area contributed by atoms with Gasteiger partial charge < -0.3 is 24.4 Å². The van der Waals surface area contributed by atoms with Crippen LogP contribution in [0.25, 0.3) is 0 Å². The number of aryl methyl sites for hydroxylation is 1. The molecular formula is C30H40O7. The highest BCUT2D eigenvalue weighted by molar-refractivity contribution is 5.79. The Morgan fingerprint density at radius 3 is 2.57 bits per heavy atom. The third kappa shape index (κ3) is 6.44. The summed E-state index contributed by atoms with van der Waals surface area (Å²) >= 11 is 0. The minimum Gasteiger partial charge on any atom is -0.476 e. The number of aliphatic hydroxyl groups excluding tert-OH is 2. The van der Waals surface area contributed by atoms with Gasteiger partial charge in [0.25, 0.3) is 0 Å². The number of rotatable bonds is 8. The van der Waals surface area contributed by atoms with Gasteiger partial charge in [-0.2, -0.15) is 0 Å². The number of esters is 2. The van der Waals surface area contributed by atoms with Crippen molar-refractivity contribution in [2.24, 2.45) is 17.8 Å². The fourth-order valence-corrected chi connectivity index (χ4v) is 5.79. The third-order valence-corrected chi connectivity index (χ3v) is 8.16. The van der Waals surface area contributed by atoms with Gasteiger partial charge in [-0.1, -0.05) is 49.8 Å². The van der Waals surface area contributed by atoms with Crippen LogP contribution in [0.15, 0.2) is 48.1 Å². The Bertz CT molecular complexity index is 1030. The van der Waals surface area contributed by atoms with E-state index in [1.54, 1.807) is 6.92 Å². The maximum Gasteiger partial charge on any atom is 0.350 e. The molecule has 1 aromatic rings. The Balaban J connectivity index is 1.50. The summed E-state index contributed by atoms with van der Waals surface area (Å²) in [5.41, 5.74) is 0.907. The first-order valence-electron chi connectivity index (χ1n) is 13.5. The summed E-state index contributed by atoms with van der Waals surface area (Å²) in [5.74, 6) is 0.0548. The molecule has 0 saturated carbocycles. The van der Waals surface area contributed by atoms with Crippen LogP contribution in [-0.2, 0) is 19.1 Å². The molecule has 0 radical (unpaired) electrons. The molecule has 37 heavy (non-hydrogen) atoms. The molecule has 8 atom stereocenters. The molecule has 1 aromatic carbocycles. The summed E-state index contributed by atoms with van der Waals surface area (Å²) in [4.78, 5) is 25.3. The summed E-state index contributed by atoms with van der Waals surface area (Å²) in [6.45, 7) is 7.77. The first kappa shape index (κ1) is 27.4. The lowest BCUT2D eigenvalue weighted by Gasteiger charge is -2.43. The van der Waals surface area contributed by atoms with Crippen molar-refractivity contribution in [1.29, 1.82) is 0 Å². The first-order valence-corrected chi connectivity index (χ1v) is 13.5. The molecule has 4 rings (SSSR count). The molecule has 7 nitrogen and oxygen atoms in total. The van der Waals surface area contributed by atoms with Crippen molar-refractivity contribution < 1.29 is 34.0 Å². The molecule has 1 saturated heterocycles. The Kier molecular flexibility index (Phi) is 8.44. The molecule has 7 heteroatoms. The van der Waals surface area contributed by atoms with Crippen LogP contribution in [0, 0.1) is 24.7 Å². The average molecular weight is 513 g/mol. The van der Waals surface area contributed by atoms with E-state index in [1.807, 2.05) is 50.3 Å². The molecule has 1 unspecified atom stereocenters. The maximum atomic E-state index is 13.5. The van der Waals surface area contributed by atoms with Crippen molar-refractivity contribution in [1.82, 2.24) is 0 Å². The van der Waals surface area contributed by atoms with Gasteiger partial charge in [0.05, 0.1) is 18.6 Å². The minimum atomic E-state index is -1.17. The number of cyclic esters (lactones) is 1. The lowest BCUT2D eigenvalue weighted by molar-refractivity contribution is -0.172. The SMILES string of the molecule is CCC(C)(Oc1ccc(C)cc1)C(=O)O[C@H]1C[C@H](O)C=C2C=C[C@H](C)[C@H](CC[C@@H]3C[C@@H](O)CC(=O)O3)[C@H]21. The average Bonchev–Trinajstić information content (AvgIpc) is 2.84. The van der Waals surface area contributed by atoms with E-state index >= 15 is 0 Å². The van der Waals surface area contributed by atoms with Crippen molar-refractivity contribution in [2.45, 2.75) is 96.2 Å². The van der Waals surface area contributed by atoms with Crippen molar-refractivity contribution in [3.05, 3.63) is 53.6 Å². The van der Waals surface area contributed by atoms with E-state index in [2.05, 4.69) is 13.0 Å². The highest BCUT2D eigenvalue weighted by atomic mass is 16.6. The summed E-state index contributed by atoms with van der Waals surface area (Å²) in [7, 11) is 0. The van der Waals surface area contributed by atoms with Gasteiger partial charge in [-0.25, -0.2) is 4.79 Å². The molecular weight excluding hydrogens is 472 g/mol. The largest absolute Gasteiger partial charge is 0.476 e. The van der Waals surface area contributed by atoms with E-state index < -0.39 is 29.9 Å². The van der Waals surface area contributed by atoms with Crippen LogP contribution < -0.4 is 4.74 Å². The fraction of sp³-hybridized carbons (Fsp3) is 0.600. The second kappa shape index (κ2) is 11.4. The number of fused-ring (bicyclic) bond motifs is 1. The highest BCUT2D eigenvalue weighted by Gasteiger charge is 2.45. The zero-order valence-corrected chi connectivity index (χ0v) is 22.3. The number of hydrogen-bond donors (Lipinski definition) is 2. The van der Waals surface area contributed by atoms with Gasteiger partial charge in [0.15, 0.2) is 0 Å². The van der Waals surface area contributed by atoms with Crippen LogP contribution in [0.5, 0.6) is 5.75 Å². The van der Waals surface area contributed by atoms with Gasteiger partial charge in [-0.3, -0.25) is 4.79 Å². The van der Waals surface area contributed by atoms with Crippen molar-refractivity contribution >= 4 is 11.9 Å². The summed E-state index contributed by atoms with van der Waals surface area (Å²) in [6, 6.07) is 7.57. The van der Waals surface area contributed by atoms with E-state index in [-0.39, 0.29) is 36.2 Å². The van der Waals surface area contributed by atoms with E-state index in [0.717, 1.165) is 17.6 Å². The monoisotopic (exact) mass is 512 g/mol. The van der Waals surface area contributed by atoms with E-state index in [1.165, 1.54) is 0 Å². The van der Waals surface area contributed by atoms with E-state index in [4.69, 9.17) is 14.2 Å². The van der Waals surface area contributed by atoms with E-state index in [9.17, 15) is 19.8 Å². The molecule has 1 aliphatic heterocycles. The number of aliphatic hydroxyl groups is 2. The molecule has 3 aliphatic rings. The van der Waals surface area contributed by atoms with Crippen LogP contribution in [-0.4, -0.2) is 52.2 Å². The maximum absolute atomic E-state index is 13.5. The Morgan fingerprint density at radius 1 is 1.16 bits per heavy atom. The number of carbonyl (C=O) groups excluding carboxylic acids is 2. The van der Waals surface area contributed by atoms with Crippen LogP contribution in [0.4, 0.5) is 0 Å². The van der Waals surface area contributed by atoms with Crippen molar-refractivity contribution in [3.63, 3.8) is 0 Å². The molecule has 2 N–H and O–H groups in total. The Morgan fingerprint density at radius 2 is 1.89 bits per heavy atom. The zero-order chi connectivity index (χ0) is 26.7. The Hall–Kier alpha value is -2.64. The molecule has 2 aliphatic carbocycles. The number of hydrogen-bond acceptors (Lipinski definition) is 7. The number of benzene rings is 1. The second-order valence-corrected chi connectivity index (χ2v) is 11.1. The van der Waals surface area contributed by atoms with Crippen LogP contribution in [0.2, 0.25) is 0 Å². The summed E-state index contributed by atoms with van der Waals surface area (Å²) in [6.07, 6.45) is 6.43. The predicted molar refractivity (Wildman–Crippen MR) is 139 cm³/mol. The normalized spacial score (nSPS) is 33.0. The molecule has 1 heterocycles. The third-order valence-electron chi connectivity index (χ3n) is 8.16. The summed E-state index contributed by atoms with van der Waals surface area (Å²) in [5, 5.41) is 20.6. The molecule has 202 valence electrons. The molecule has 0 spiro atoms. The second-order valence-electron chi connectivity index (χ2n) is 11.1. The van der Waals surface area contributed by atoms with Crippen molar-refractivity contribution in [2.75, 3.05) is 0 Å². The van der Waals surface area contributed by atoms with E-state index in [0.29, 0.717) is 31.4 Å². The van der Waals surface area contributed by atoms with Gasteiger partial charge in [-0.15, -0.1) is 0 Å². The van der Waals surface area contributed by atoms with Gasteiger partial charge in [0.2, 0.25) is 5.60 Å². The smallest absolute Gasteiger partial charge is 0.350 e. The lowest BCUT2D eigenvalue weighted by Crippen LogP contribution is -2.48. The van der Waals surface area contributed by atoms with Gasteiger partial charge >= 0.3 is 11.9 Å². The molecule has 0 amide bonds. The van der Waals surface area contributed by atoms with Crippen LogP contribution in [0.1, 0.15) is 64.9 Å². The number of ether oxygens (including phenoxy) is 3. The van der Waals surface area contributed by atoms with Gasteiger partial charge in [0.1, 0.15) is 18.0 Å². The minimum absolute atomic E-state index is 0.0470. The van der Waals surface area contributed by atoms with Gasteiger partial charge in [0, 0.05) is 18.8 Å². The van der Waals surface area contributed by atoms with Crippen LogP contribution >= 0.6 is 0 Å². The fourth-order valence-electron chi connectivity index (χ4n) is 5.79. The quantitative estimate of drug-likeness (QED) is 0.497. The first-order chi connectivity index (χ1) is 17.6. The number of allylic oxidation sites excluding steroid dienone is 2. The standard InChI is InChI=1S/C30H40O7/c1-5-30(4,37-23-10-6-18(2)7-11-23)29(34)36-26-16-21(31)14-20-9-8-19(3)25(28(20)26)13-12-24-15-22(32)17-27(33)35-24/h6-11,14,19,21-22,24-26,28,31-32H,5,12-13,15-17H2,1-4H3/t19-,21+,22+,24+,25-,26-,28-,30?/m0/s1. The Labute approximate surface area is 219 Å². The zero-order valence-electron chi connectivity index (χ0n) is 22.3.